The summed E-state index contributed by atoms with van der Waals surface area (Å²) in [6.07, 6.45) is 1.92. The first-order chi connectivity index (χ1) is 8.55. The molecule has 0 aliphatic carbocycles. The molecular formula is C12H17BrN2O2S. The molecule has 0 aromatic heterocycles. The highest BCUT2D eigenvalue weighted by molar-refractivity contribution is 9.10. The summed E-state index contributed by atoms with van der Waals surface area (Å²) in [4.78, 5) is 0.349. The van der Waals surface area contributed by atoms with Crippen LogP contribution in [-0.4, -0.2) is 38.9 Å². The minimum Gasteiger partial charge on any atom is -0.316 e. The first kappa shape index (κ1) is 14.0. The first-order valence-corrected chi connectivity index (χ1v) is 8.21. The van der Waals surface area contributed by atoms with Crippen molar-refractivity contribution in [2.45, 2.75) is 23.8 Å². The fourth-order valence-electron chi connectivity index (χ4n) is 2.19. The van der Waals surface area contributed by atoms with E-state index in [0.29, 0.717) is 22.5 Å². The van der Waals surface area contributed by atoms with Crippen molar-refractivity contribution in [2.75, 3.05) is 20.1 Å². The molecule has 1 aromatic rings. The summed E-state index contributed by atoms with van der Waals surface area (Å²) in [5.74, 6) is 0. The Labute approximate surface area is 117 Å². The third-order valence-electron chi connectivity index (χ3n) is 3.25. The van der Waals surface area contributed by atoms with Gasteiger partial charge >= 0.3 is 0 Å². The van der Waals surface area contributed by atoms with Crippen LogP contribution in [0, 0.1) is 0 Å². The van der Waals surface area contributed by atoms with Gasteiger partial charge in [-0.25, -0.2) is 8.42 Å². The lowest BCUT2D eigenvalue weighted by atomic mass is 10.1. The Hall–Kier alpha value is -0.430. The van der Waals surface area contributed by atoms with Crippen molar-refractivity contribution in [3.8, 4) is 0 Å². The van der Waals surface area contributed by atoms with E-state index in [9.17, 15) is 8.42 Å². The SMILES string of the molecule is CN[C@@H]1CCCN(S(=O)(=O)c2ccccc2Br)C1. The fraction of sp³-hybridized carbons (Fsp3) is 0.500. The molecule has 1 aromatic carbocycles. The van der Waals surface area contributed by atoms with Crippen LogP contribution in [0.2, 0.25) is 0 Å². The predicted molar refractivity (Wildman–Crippen MR) is 75.0 cm³/mol. The minimum absolute atomic E-state index is 0.246. The summed E-state index contributed by atoms with van der Waals surface area (Å²) in [5.41, 5.74) is 0. The molecule has 1 aliphatic heterocycles. The average Bonchev–Trinajstić information content (AvgIpc) is 2.39. The van der Waals surface area contributed by atoms with Crippen molar-refractivity contribution in [3.05, 3.63) is 28.7 Å². The second kappa shape index (κ2) is 5.69. The van der Waals surface area contributed by atoms with Gasteiger partial charge in [0.15, 0.2) is 0 Å². The van der Waals surface area contributed by atoms with Gasteiger partial charge in [0.1, 0.15) is 0 Å². The summed E-state index contributed by atoms with van der Waals surface area (Å²) in [7, 11) is -1.52. The molecule has 0 unspecified atom stereocenters. The Balaban J connectivity index is 2.29. The largest absolute Gasteiger partial charge is 0.316 e. The highest BCUT2D eigenvalue weighted by Gasteiger charge is 2.30. The van der Waals surface area contributed by atoms with Gasteiger partial charge in [0.05, 0.1) is 4.90 Å². The molecule has 0 saturated carbocycles. The molecule has 4 nitrogen and oxygen atoms in total. The summed E-state index contributed by atoms with van der Waals surface area (Å²) in [5, 5.41) is 3.15. The molecule has 2 rings (SSSR count). The van der Waals surface area contributed by atoms with Crippen LogP contribution in [0.3, 0.4) is 0 Å². The van der Waals surface area contributed by atoms with E-state index in [2.05, 4.69) is 21.2 Å². The quantitative estimate of drug-likeness (QED) is 0.918. The lowest BCUT2D eigenvalue weighted by Crippen LogP contribution is -2.46. The van der Waals surface area contributed by atoms with E-state index in [0.717, 1.165) is 12.8 Å². The standard InChI is InChI=1S/C12H17BrN2O2S/c1-14-10-5-4-8-15(9-10)18(16,17)12-7-3-2-6-11(12)13/h2-3,6-7,10,14H,4-5,8-9H2,1H3/t10-/m1/s1. The van der Waals surface area contributed by atoms with Crippen LogP contribution in [0.4, 0.5) is 0 Å². The van der Waals surface area contributed by atoms with E-state index in [-0.39, 0.29) is 6.04 Å². The second-order valence-corrected chi connectivity index (χ2v) is 7.18. The zero-order valence-electron chi connectivity index (χ0n) is 10.3. The number of nitrogens with one attached hydrogen (secondary N) is 1. The maximum absolute atomic E-state index is 12.5. The number of sulfonamides is 1. The van der Waals surface area contributed by atoms with Crippen LogP contribution < -0.4 is 5.32 Å². The van der Waals surface area contributed by atoms with Crippen LogP contribution in [0.5, 0.6) is 0 Å². The smallest absolute Gasteiger partial charge is 0.244 e. The van der Waals surface area contributed by atoms with Crippen molar-refractivity contribution in [2.24, 2.45) is 0 Å². The molecule has 0 radical (unpaired) electrons. The topological polar surface area (TPSA) is 49.4 Å². The van der Waals surface area contributed by atoms with Gasteiger partial charge in [-0.2, -0.15) is 4.31 Å². The molecule has 0 spiro atoms. The monoisotopic (exact) mass is 332 g/mol. The van der Waals surface area contributed by atoms with E-state index in [4.69, 9.17) is 0 Å². The highest BCUT2D eigenvalue weighted by atomic mass is 79.9. The molecule has 100 valence electrons. The zero-order valence-corrected chi connectivity index (χ0v) is 12.7. The Morgan fingerprint density at radius 3 is 2.78 bits per heavy atom. The molecule has 0 bridgehead atoms. The maximum Gasteiger partial charge on any atom is 0.244 e. The Morgan fingerprint density at radius 1 is 1.39 bits per heavy atom. The summed E-state index contributed by atoms with van der Waals surface area (Å²) in [6.45, 7) is 1.14. The van der Waals surface area contributed by atoms with Crippen molar-refractivity contribution < 1.29 is 8.42 Å². The van der Waals surface area contributed by atoms with E-state index in [1.165, 1.54) is 0 Å². The van der Waals surface area contributed by atoms with Crippen LogP contribution in [0.1, 0.15) is 12.8 Å². The first-order valence-electron chi connectivity index (χ1n) is 5.97. The van der Waals surface area contributed by atoms with Crippen LogP contribution in [0.15, 0.2) is 33.6 Å². The molecule has 1 heterocycles. The van der Waals surface area contributed by atoms with Gasteiger partial charge in [-0.1, -0.05) is 12.1 Å². The Bertz CT molecular complexity index is 519. The van der Waals surface area contributed by atoms with E-state index >= 15 is 0 Å². The van der Waals surface area contributed by atoms with Crippen molar-refractivity contribution in [1.29, 1.82) is 0 Å². The van der Waals surface area contributed by atoms with Crippen LogP contribution in [0.25, 0.3) is 0 Å². The third kappa shape index (κ3) is 2.77. The number of hydrogen-bond acceptors (Lipinski definition) is 3. The molecule has 1 N–H and O–H groups in total. The maximum atomic E-state index is 12.5. The summed E-state index contributed by atoms with van der Waals surface area (Å²) >= 11 is 3.31. The number of piperidine rings is 1. The van der Waals surface area contributed by atoms with E-state index in [1.54, 1.807) is 22.5 Å². The molecule has 1 aliphatic rings. The molecular weight excluding hydrogens is 316 g/mol. The van der Waals surface area contributed by atoms with Gasteiger partial charge in [-0.15, -0.1) is 0 Å². The van der Waals surface area contributed by atoms with E-state index in [1.807, 2.05) is 13.1 Å². The third-order valence-corrected chi connectivity index (χ3v) is 6.12. The molecule has 1 atom stereocenters. The Morgan fingerprint density at radius 2 is 2.11 bits per heavy atom. The molecule has 6 heteroatoms. The lowest BCUT2D eigenvalue weighted by Gasteiger charge is -2.31. The van der Waals surface area contributed by atoms with Crippen LogP contribution >= 0.6 is 15.9 Å². The van der Waals surface area contributed by atoms with Crippen molar-refractivity contribution in [3.63, 3.8) is 0 Å². The highest BCUT2D eigenvalue weighted by Crippen LogP contribution is 2.26. The summed E-state index contributed by atoms with van der Waals surface area (Å²) in [6, 6.07) is 7.21. The summed E-state index contributed by atoms with van der Waals surface area (Å²) < 4.78 is 27.3. The van der Waals surface area contributed by atoms with Gasteiger partial charge in [0.2, 0.25) is 10.0 Å². The van der Waals surface area contributed by atoms with Gasteiger partial charge in [0, 0.05) is 23.6 Å². The fourth-order valence-corrected chi connectivity index (χ4v) is 4.68. The number of benzene rings is 1. The number of hydrogen-bond donors (Lipinski definition) is 1. The average molecular weight is 333 g/mol. The number of likely N-dealkylation sites (N-methyl/N-ethyl adjacent to an activating group) is 1. The van der Waals surface area contributed by atoms with Crippen LogP contribution in [-0.2, 0) is 10.0 Å². The number of halogens is 1. The Kier molecular flexibility index (Phi) is 4.42. The minimum atomic E-state index is -3.39. The molecule has 18 heavy (non-hydrogen) atoms. The molecule has 1 saturated heterocycles. The van der Waals surface area contributed by atoms with Gasteiger partial charge < -0.3 is 5.32 Å². The van der Waals surface area contributed by atoms with Gasteiger partial charge in [-0.05, 0) is 48.0 Å². The lowest BCUT2D eigenvalue weighted by molar-refractivity contribution is 0.292. The predicted octanol–water partition coefficient (Wildman–Crippen LogP) is 1.82. The second-order valence-electron chi connectivity index (χ2n) is 4.42. The zero-order chi connectivity index (χ0) is 13.2. The molecule has 1 fully saturated rings. The number of nitrogens with zero attached hydrogens (tertiary/aromatic N) is 1. The normalized spacial score (nSPS) is 22.0. The van der Waals surface area contributed by atoms with Crippen molar-refractivity contribution in [1.82, 2.24) is 9.62 Å². The van der Waals surface area contributed by atoms with Gasteiger partial charge in [0.25, 0.3) is 0 Å². The number of rotatable bonds is 3. The van der Waals surface area contributed by atoms with Gasteiger partial charge in [-0.3, -0.25) is 0 Å². The van der Waals surface area contributed by atoms with E-state index < -0.39 is 10.0 Å². The molecule has 0 amide bonds. The van der Waals surface area contributed by atoms with Crippen molar-refractivity contribution >= 4 is 26.0 Å².